The third-order valence-electron chi connectivity index (χ3n) is 3.81. The summed E-state index contributed by atoms with van der Waals surface area (Å²) >= 11 is 0. The highest BCUT2D eigenvalue weighted by Crippen LogP contribution is 2.26. The highest BCUT2D eigenvalue weighted by atomic mass is 16.2. The fraction of sp³-hybridized carbons (Fsp3) is 0.467. The quantitative estimate of drug-likeness (QED) is 0.884. The maximum absolute atomic E-state index is 12.7. The van der Waals surface area contributed by atoms with E-state index in [1.54, 1.807) is 11.8 Å². The van der Waals surface area contributed by atoms with Gasteiger partial charge in [-0.15, -0.1) is 0 Å². The summed E-state index contributed by atoms with van der Waals surface area (Å²) in [5.74, 6) is -0.0936. The molecule has 0 saturated carbocycles. The third-order valence-corrected chi connectivity index (χ3v) is 3.81. The topological polar surface area (TPSA) is 49.4 Å². The van der Waals surface area contributed by atoms with E-state index in [-0.39, 0.29) is 11.8 Å². The van der Waals surface area contributed by atoms with Crippen LogP contribution < -0.4 is 10.2 Å². The van der Waals surface area contributed by atoms with Gasteiger partial charge in [-0.2, -0.15) is 0 Å². The molecule has 1 N–H and O–H groups in total. The van der Waals surface area contributed by atoms with Gasteiger partial charge in [0.25, 0.3) is 5.91 Å². The Balaban J connectivity index is 2.43. The molecule has 0 bridgehead atoms. The number of hydrogen-bond acceptors (Lipinski definition) is 2. The van der Waals surface area contributed by atoms with Crippen LogP contribution in [0.15, 0.2) is 24.3 Å². The summed E-state index contributed by atoms with van der Waals surface area (Å²) in [7, 11) is 0. The molecule has 2 amide bonds. The van der Waals surface area contributed by atoms with Crippen molar-refractivity contribution in [1.29, 1.82) is 0 Å². The molecule has 1 heterocycles. The molecule has 1 aliphatic rings. The Morgan fingerprint density at radius 3 is 2.63 bits per heavy atom. The number of nitrogens with zero attached hydrogens (tertiary/aromatic N) is 1. The van der Waals surface area contributed by atoms with Crippen molar-refractivity contribution in [2.75, 3.05) is 11.4 Å². The van der Waals surface area contributed by atoms with Crippen molar-refractivity contribution in [3.63, 3.8) is 0 Å². The van der Waals surface area contributed by atoms with Gasteiger partial charge in [0.05, 0.1) is 0 Å². The molecule has 1 fully saturated rings. The van der Waals surface area contributed by atoms with Crippen LogP contribution in [0, 0.1) is 6.92 Å². The summed E-state index contributed by atoms with van der Waals surface area (Å²) in [5.41, 5.74) is 1.13. The van der Waals surface area contributed by atoms with Gasteiger partial charge in [-0.05, 0) is 31.9 Å². The molecule has 102 valence electrons. The Labute approximate surface area is 113 Å². The second-order valence-corrected chi connectivity index (χ2v) is 5.23. The molecular weight excluding hydrogens is 240 g/mol. The third kappa shape index (κ3) is 2.48. The minimum Gasteiger partial charge on any atom is -0.342 e. The van der Waals surface area contributed by atoms with Crippen molar-refractivity contribution in [3.05, 3.63) is 29.8 Å². The number of carbonyl (C=O) groups excluding carboxylic acids is 2. The summed E-state index contributed by atoms with van der Waals surface area (Å²) in [6.45, 7) is 6.13. The molecule has 4 heteroatoms. The second-order valence-electron chi connectivity index (χ2n) is 5.23. The number of rotatable bonds is 2. The number of carbonyl (C=O) groups is 2. The highest BCUT2D eigenvalue weighted by molar-refractivity contribution is 6.04. The first kappa shape index (κ1) is 13.6. The molecule has 1 atom stereocenters. The first-order valence-corrected chi connectivity index (χ1v) is 6.66. The zero-order valence-electron chi connectivity index (χ0n) is 11.7. The van der Waals surface area contributed by atoms with E-state index in [1.807, 2.05) is 38.1 Å². The zero-order valence-corrected chi connectivity index (χ0v) is 11.7. The molecule has 4 nitrogen and oxygen atoms in total. The van der Waals surface area contributed by atoms with Crippen molar-refractivity contribution in [3.8, 4) is 0 Å². The van der Waals surface area contributed by atoms with Crippen LogP contribution >= 0.6 is 0 Å². The lowest BCUT2D eigenvalue weighted by Crippen LogP contribution is -2.54. The summed E-state index contributed by atoms with van der Waals surface area (Å²) in [6.07, 6.45) is 0.926. The van der Waals surface area contributed by atoms with Gasteiger partial charge in [-0.25, -0.2) is 0 Å². The van der Waals surface area contributed by atoms with Crippen molar-refractivity contribution in [2.45, 2.75) is 39.2 Å². The number of para-hydroxylation sites is 1. The van der Waals surface area contributed by atoms with Crippen LogP contribution in [0.25, 0.3) is 0 Å². The van der Waals surface area contributed by atoms with Gasteiger partial charge < -0.3 is 10.2 Å². The number of hydrogen-bond donors (Lipinski definition) is 1. The van der Waals surface area contributed by atoms with Crippen LogP contribution in [0.2, 0.25) is 0 Å². The van der Waals surface area contributed by atoms with E-state index in [9.17, 15) is 9.59 Å². The molecule has 1 aliphatic heterocycles. The van der Waals surface area contributed by atoms with Gasteiger partial charge in [-0.3, -0.25) is 9.59 Å². The summed E-state index contributed by atoms with van der Waals surface area (Å²) < 4.78 is 0. The van der Waals surface area contributed by atoms with E-state index in [0.717, 1.165) is 11.3 Å². The number of amides is 2. The van der Waals surface area contributed by atoms with Crippen LogP contribution in [-0.2, 0) is 9.59 Å². The molecular formula is C15H20N2O2. The predicted molar refractivity (Wildman–Crippen MR) is 75.0 cm³/mol. The van der Waals surface area contributed by atoms with E-state index < -0.39 is 5.54 Å². The number of nitrogens with one attached hydrogen (secondary N) is 1. The lowest BCUT2D eigenvalue weighted by Gasteiger charge is -2.31. The van der Waals surface area contributed by atoms with Crippen LogP contribution in [0.5, 0.6) is 0 Å². The molecule has 1 unspecified atom stereocenters. The van der Waals surface area contributed by atoms with Gasteiger partial charge in [0.1, 0.15) is 5.54 Å². The van der Waals surface area contributed by atoms with E-state index in [2.05, 4.69) is 5.32 Å². The van der Waals surface area contributed by atoms with Crippen LogP contribution in [0.3, 0.4) is 0 Å². The predicted octanol–water partition coefficient (Wildman–Crippen LogP) is 2.02. The Morgan fingerprint density at radius 2 is 2.00 bits per heavy atom. The number of benzene rings is 1. The monoisotopic (exact) mass is 260 g/mol. The normalized spacial score (nSPS) is 24.1. The minimum absolute atomic E-state index is 0.0323. The van der Waals surface area contributed by atoms with Crippen molar-refractivity contribution >= 4 is 17.5 Å². The standard InChI is InChI=1S/C15H20N2O2/c1-4-15(3)14(19)17(10-9-13(18)16-15)12-8-6-5-7-11(12)2/h5-8H,4,9-10H2,1-3H3,(H,16,18). The fourth-order valence-electron chi connectivity index (χ4n) is 2.37. The average molecular weight is 260 g/mol. The number of aryl methyl sites for hydroxylation is 1. The van der Waals surface area contributed by atoms with Gasteiger partial charge in [0.2, 0.25) is 5.91 Å². The maximum atomic E-state index is 12.7. The molecule has 1 saturated heterocycles. The van der Waals surface area contributed by atoms with Crippen LogP contribution in [0.4, 0.5) is 5.69 Å². The number of anilines is 1. The van der Waals surface area contributed by atoms with Gasteiger partial charge >= 0.3 is 0 Å². The summed E-state index contributed by atoms with van der Waals surface area (Å²) in [6, 6.07) is 7.77. The molecule has 0 spiro atoms. The Morgan fingerprint density at radius 1 is 1.32 bits per heavy atom. The zero-order chi connectivity index (χ0) is 14.0. The van der Waals surface area contributed by atoms with E-state index in [1.165, 1.54) is 0 Å². The maximum Gasteiger partial charge on any atom is 0.252 e. The van der Waals surface area contributed by atoms with E-state index in [4.69, 9.17) is 0 Å². The fourth-order valence-corrected chi connectivity index (χ4v) is 2.37. The molecule has 1 aromatic carbocycles. The van der Waals surface area contributed by atoms with E-state index >= 15 is 0 Å². The first-order chi connectivity index (χ1) is 8.98. The first-order valence-electron chi connectivity index (χ1n) is 6.66. The molecule has 0 aromatic heterocycles. The van der Waals surface area contributed by atoms with Crippen molar-refractivity contribution in [2.24, 2.45) is 0 Å². The van der Waals surface area contributed by atoms with Gasteiger partial charge in [0, 0.05) is 18.7 Å². The molecule has 1 aromatic rings. The summed E-state index contributed by atoms with van der Waals surface area (Å²) in [5, 5.41) is 2.84. The van der Waals surface area contributed by atoms with E-state index in [0.29, 0.717) is 19.4 Å². The SMILES string of the molecule is CCC1(C)NC(=O)CCN(c2ccccc2C)C1=O. The van der Waals surface area contributed by atoms with Crippen molar-refractivity contribution in [1.82, 2.24) is 5.32 Å². The smallest absolute Gasteiger partial charge is 0.252 e. The molecule has 2 rings (SSSR count). The van der Waals surface area contributed by atoms with Gasteiger partial charge in [-0.1, -0.05) is 25.1 Å². The summed E-state index contributed by atoms with van der Waals surface area (Å²) in [4.78, 5) is 26.2. The lowest BCUT2D eigenvalue weighted by molar-refractivity contribution is -0.129. The second kappa shape index (κ2) is 5.03. The molecule has 0 radical (unpaired) electrons. The molecule has 19 heavy (non-hydrogen) atoms. The lowest BCUT2D eigenvalue weighted by atomic mass is 9.96. The average Bonchev–Trinajstić information content (AvgIpc) is 2.50. The van der Waals surface area contributed by atoms with Gasteiger partial charge in [0.15, 0.2) is 0 Å². The minimum atomic E-state index is -0.810. The Bertz CT molecular complexity index is 513. The largest absolute Gasteiger partial charge is 0.342 e. The Hall–Kier alpha value is -1.84. The van der Waals surface area contributed by atoms with Crippen LogP contribution in [-0.4, -0.2) is 23.9 Å². The van der Waals surface area contributed by atoms with Crippen LogP contribution in [0.1, 0.15) is 32.3 Å². The Kier molecular flexibility index (Phi) is 3.60. The van der Waals surface area contributed by atoms with Crippen molar-refractivity contribution < 1.29 is 9.59 Å². The molecule has 0 aliphatic carbocycles. The highest BCUT2D eigenvalue weighted by Gasteiger charge is 2.39.